The van der Waals surface area contributed by atoms with E-state index in [2.05, 4.69) is 5.32 Å². The zero-order valence-corrected chi connectivity index (χ0v) is 12.9. The van der Waals surface area contributed by atoms with E-state index in [0.717, 1.165) is 5.56 Å². The van der Waals surface area contributed by atoms with E-state index in [4.69, 9.17) is 4.74 Å². The monoisotopic (exact) mass is 297 g/mol. The van der Waals surface area contributed by atoms with Crippen molar-refractivity contribution in [1.29, 1.82) is 0 Å². The number of ketones is 1. The van der Waals surface area contributed by atoms with E-state index >= 15 is 0 Å². The highest BCUT2D eigenvalue weighted by Crippen LogP contribution is 2.15. The lowest BCUT2D eigenvalue weighted by molar-refractivity contribution is -0.122. The Kier molecular flexibility index (Phi) is 4.94. The van der Waals surface area contributed by atoms with Crippen molar-refractivity contribution >= 4 is 17.4 Å². The van der Waals surface area contributed by atoms with E-state index < -0.39 is 6.10 Å². The molecule has 0 heterocycles. The molecule has 0 saturated carbocycles. The fraction of sp³-hybridized carbons (Fsp3) is 0.222. The standard InChI is InChI=1S/C18H19NO3/c1-12-4-10-17(11-5-12)22-14(3)18(21)19-16-8-6-15(7-9-16)13(2)20/h4-11,14H,1-3H3,(H,19,21)/t14-/m0/s1. The van der Waals surface area contributed by atoms with Crippen LogP contribution >= 0.6 is 0 Å². The lowest BCUT2D eigenvalue weighted by Crippen LogP contribution is -2.30. The van der Waals surface area contributed by atoms with Crippen LogP contribution in [0.25, 0.3) is 0 Å². The lowest BCUT2D eigenvalue weighted by Gasteiger charge is -2.15. The van der Waals surface area contributed by atoms with Crippen LogP contribution in [0, 0.1) is 6.92 Å². The minimum atomic E-state index is -0.616. The minimum absolute atomic E-state index is 0.00560. The summed E-state index contributed by atoms with van der Waals surface area (Å²) in [7, 11) is 0. The molecule has 0 aliphatic carbocycles. The zero-order chi connectivity index (χ0) is 16.1. The highest BCUT2D eigenvalue weighted by Gasteiger charge is 2.14. The molecule has 0 aliphatic heterocycles. The lowest BCUT2D eigenvalue weighted by atomic mass is 10.1. The highest BCUT2D eigenvalue weighted by atomic mass is 16.5. The molecule has 1 amide bonds. The van der Waals surface area contributed by atoms with Crippen LogP contribution in [0.1, 0.15) is 29.8 Å². The number of carbonyl (C=O) groups is 2. The molecule has 0 unspecified atom stereocenters. The van der Waals surface area contributed by atoms with E-state index in [-0.39, 0.29) is 11.7 Å². The quantitative estimate of drug-likeness (QED) is 0.858. The fourth-order valence-corrected chi connectivity index (χ4v) is 1.91. The second-order valence-corrected chi connectivity index (χ2v) is 5.20. The van der Waals surface area contributed by atoms with E-state index in [1.165, 1.54) is 6.92 Å². The van der Waals surface area contributed by atoms with Gasteiger partial charge in [0.15, 0.2) is 11.9 Å². The topological polar surface area (TPSA) is 55.4 Å². The summed E-state index contributed by atoms with van der Waals surface area (Å²) in [5.74, 6) is 0.408. The highest BCUT2D eigenvalue weighted by molar-refractivity contribution is 5.96. The molecular weight excluding hydrogens is 278 g/mol. The number of anilines is 1. The molecule has 0 radical (unpaired) electrons. The maximum Gasteiger partial charge on any atom is 0.265 e. The van der Waals surface area contributed by atoms with E-state index in [9.17, 15) is 9.59 Å². The summed E-state index contributed by atoms with van der Waals surface area (Å²) in [6.07, 6.45) is -0.616. The molecule has 1 atom stereocenters. The smallest absolute Gasteiger partial charge is 0.265 e. The molecule has 1 N–H and O–H groups in total. The largest absolute Gasteiger partial charge is 0.481 e. The number of amides is 1. The first-order valence-corrected chi connectivity index (χ1v) is 7.11. The maximum absolute atomic E-state index is 12.1. The van der Waals surface area contributed by atoms with Crippen molar-refractivity contribution in [3.63, 3.8) is 0 Å². The molecule has 22 heavy (non-hydrogen) atoms. The van der Waals surface area contributed by atoms with Gasteiger partial charge in [0.25, 0.3) is 5.91 Å². The van der Waals surface area contributed by atoms with Gasteiger partial charge in [0.2, 0.25) is 0 Å². The maximum atomic E-state index is 12.1. The number of carbonyl (C=O) groups excluding carboxylic acids is 2. The van der Waals surface area contributed by atoms with Crippen LogP contribution in [0.3, 0.4) is 0 Å². The van der Waals surface area contributed by atoms with E-state index in [1.54, 1.807) is 31.2 Å². The molecule has 0 aliphatic rings. The number of hydrogen-bond acceptors (Lipinski definition) is 3. The van der Waals surface area contributed by atoms with Gasteiger partial charge in [0.05, 0.1) is 0 Å². The predicted molar refractivity (Wildman–Crippen MR) is 86.3 cm³/mol. The van der Waals surface area contributed by atoms with Gasteiger partial charge in [-0.05, 0) is 57.2 Å². The van der Waals surface area contributed by atoms with Crippen LogP contribution in [0.2, 0.25) is 0 Å². The third-order valence-electron chi connectivity index (χ3n) is 3.26. The van der Waals surface area contributed by atoms with Crippen molar-refractivity contribution in [2.24, 2.45) is 0 Å². The van der Waals surface area contributed by atoms with Crippen LogP contribution in [-0.4, -0.2) is 17.8 Å². The molecule has 4 nitrogen and oxygen atoms in total. The second-order valence-electron chi connectivity index (χ2n) is 5.20. The van der Waals surface area contributed by atoms with Gasteiger partial charge in [-0.1, -0.05) is 17.7 Å². The van der Waals surface area contributed by atoms with Gasteiger partial charge < -0.3 is 10.1 Å². The molecule has 4 heteroatoms. The summed E-state index contributed by atoms with van der Waals surface area (Å²) >= 11 is 0. The molecular formula is C18H19NO3. The van der Waals surface area contributed by atoms with Crippen LogP contribution in [0.4, 0.5) is 5.69 Å². The molecule has 0 aromatic heterocycles. The van der Waals surface area contributed by atoms with Gasteiger partial charge in [-0.2, -0.15) is 0 Å². The Morgan fingerprint density at radius 1 is 1.00 bits per heavy atom. The number of nitrogens with one attached hydrogen (secondary N) is 1. The number of benzene rings is 2. The van der Waals surface area contributed by atoms with Crippen molar-refractivity contribution in [3.05, 3.63) is 59.7 Å². The summed E-state index contributed by atoms with van der Waals surface area (Å²) in [6, 6.07) is 14.3. The second kappa shape index (κ2) is 6.89. The molecule has 2 rings (SSSR count). The molecule has 0 bridgehead atoms. The third-order valence-corrected chi connectivity index (χ3v) is 3.26. The summed E-state index contributed by atoms with van der Waals surface area (Å²) in [4.78, 5) is 23.3. The number of rotatable bonds is 5. The molecule has 0 saturated heterocycles. The van der Waals surface area contributed by atoms with Crippen molar-refractivity contribution in [1.82, 2.24) is 0 Å². The molecule has 114 valence electrons. The van der Waals surface area contributed by atoms with Crippen LogP contribution in [0.5, 0.6) is 5.75 Å². The SMILES string of the molecule is CC(=O)c1ccc(NC(=O)[C@H](C)Oc2ccc(C)cc2)cc1. The Morgan fingerprint density at radius 3 is 2.14 bits per heavy atom. The fourth-order valence-electron chi connectivity index (χ4n) is 1.91. The number of ether oxygens (including phenoxy) is 1. The van der Waals surface area contributed by atoms with Crippen LogP contribution in [-0.2, 0) is 4.79 Å². The van der Waals surface area contributed by atoms with Gasteiger partial charge in [-0.3, -0.25) is 9.59 Å². The summed E-state index contributed by atoms with van der Waals surface area (Å²) in [5, 5.41) is 2.76. The van der Waals surface area contributed by atoms with Crippen molar-refractivity contribution in [3.8, 4) is 5.75 Å². The Morgan fingerprint density at radius 2 is 1.59 bits per heavy atom. The van der Waals surface area contributed by atoms with Crippen molar-refractivity contribution in [2.45, 2.75) is 26.9 Å². The Hall–Kier alpha value is -2.62. The molecule has 2 aromatic carbocycles. The van der Waals surface area contributed by atoms with Crippen LogP contribution in [0.15, 0.2) is 48.5 Å². The first kappa shape index (κ1) is 15.8. The molecule has 0 spiro atoms. The average Bonchev–Trinajstić information content (AvgIpc) is 2.50. The molecule has 2 aromatic rings. The van der Waals surface area contributed by atoms with Crippen molar-refractivity contribution in [2.75, 3.05) is 5.32 Å². The summed E-state index contributed by atoms with van der Waals surface area (Å²) in [6.45, 7) is 5.19. The number of aryl methyl sites for hydroxylation is 1. The first-order valence-electron chi connectivity index (χ1n) is 7.11. The van der Waals surface area contributed by atoms with Crippen molar-refractivity contribution < 1.29 is 14.3 Å². The third kappa shape index (κ3) is 4.19. The van der Waals surface area contributed by atoms with Crippen LogP contribution < -0.4 is 10.1 Å². The minimum Gasteiger partial charge on any atom is -0.481 e. The normalized spacial score (nSPS) is 11.6. The first-order chi connectivity index (χ1) is 10.5. The summed E-state index contributed by atoms with van der Waals surface area (Å²) < 4.78 is 5.60. The summed E-state index contributed by atoms with van der Waals surface area (Å²) in [5.41, 5.74) is 2.38. The molecule has 0 fully saturated rings. The van der Waals surface area contributed by atoms with Gasteiger partial charge in [0, 0.05) is 11.3 Å². The Balaban J connectivity index is 1.95. The van der Waals surface area contributed by atoms with Gasteiger partial charge in [-0.25, -0.2) is 0 Å². The van der Waals surface area contributed by atoms with Gasteiger partial charge >= 0.3 is 0 Å². The number of hydrogen-bond donors (Lipinski definition) is 1. The number of Topliss-reactive ketones (excluding diaryl/α,β-unsaturated/α-hetero) is 1. The van der Waals surface area contributed by atoms with E-state index in [0.29, 0.717) is 17.0 Å². The van der Waals surface area contributed by atoms with E-state index in [1.807, 2.05) is 31.2 Å². The average molecular weight is 297 g/mol. The Labute approximate surface area is 130 Å². The predicted octanol–water partition coefficient (Wildman–Crippen LogP) is 3.60. The zero-order valence-electron chi connectivity index (χ0n) is 12.9. The Bertz CT molecular complexity index is 660. The van der Waals surface area contributed by atoms with Gasteiger partial charge in [0.1, 0.15) is 5.75 Å². The van der Waals surface area contributed by atoms with Gasteiger partial charge in [-0.15, -0.1) is 0 Å².